The van der Waals surface area contributed by atoms with Gasteiger partial charge >= 0.3 is 0 Å². The van der Waals surface area contributed by atoms with E-state index in [0.29, 0.717) is 6.61 Å². The van der Waals surface area contributed by atoms with Crippen molar-refractivity contribution in [1.29, 1.82) is 0 Å². The SMILES string of the molecule is CCONCc1ccc(SC)cc1. The quantitative estimate of drug-likeness (QED) is 0.445. The lowest BCUT2D eigenvalue weighted by atomic mass is 10.2. The van der Waals surface area contributed by atoms with Crippen LogP contribution in [-0.4, -0.2) is 12.9 Å². The molecule has 0 spiro atoms. The fourth-order valence-electron chi connectivity index (χ4n) is 0.980. The van der Waals surface area contributed by atoms with Gasteiger partial charge < -0.3 is 4.84 Å². The molecule has 1 rings (SSSR count). The highest BCUT2D eigenvalue weighted by molar-refractivity contribution is 7.98. The minimum atomic E-state index is 0.697. The molecule has 3 heteroatoms. The molecule has 0 aliphatic carbocycles. The number of rotatable bonds is 5. The lowest BCUT2D eigenvalue weighted by Gasteiger charge is -2.04. The highest BCUT2D eigenvalue weighted by atomic mass is 32.2. The topological polar surface area (TPSA) is 21.3 Å². The van der Waals surface area contributed by atoms with Gasteiger partial charge in [-0.3, -0.25) is 0 Å². The molecule has 0 bridgehead atoms. The summed E-state index contributed by atoms with van der Waals surface area (Å²) in [6.45, 7) is 3.43. The summed E-state index contributed by atoms with van der Waals surface area (Å²) < 4.78 is 0. The van der Waals surface area contributed by atoms with Gasteiger partial charge in [0.1, 0.15) is 0 Å². The van der Waals surface area contributed by atoms with E-state index >= 15 is 0 Å². The van der Waals surface area contributed by atoms with Gasteiger partial charge in [0.05, 0.1) is 6.61 Å². The molecule has 0 aliphatic rings. The smallest absolute Gasteiger partial charge is 0.0654 e. The Morgan fingerprint density at radius 2 is 2.00 bits per heavy atom. The molecular formula is C10H15NOS. The molecule has 2 nitrogen and oxygen atoms in total. The Morgan fingerprint density at radius 1 is 1.31 bits per heavy atom. The Balaban J connectivity index is 2.40. The molecule has 1 aromatic rings. The maximum atomic E-state index is 5.04. The molecule has 0 aromatic heterocycles. The molecule has 0 amide bonds. The van der Waals surface area contributed by atoms with Gasteiger partial charge in [0, 0.05) is 11.4 Å². The van der Waals surface area contributed by atoms with Crippen LogP contribution in [0.5, 0.6) is 0 Å². The molecule has 13 heavy (non-hydrogen) atoms. The molecule has 0 fully saturated rings. The van der Waals surface area contributed by atoms with Gasteiger partial charge in [-0.2, -0.15) is 5.48 Å². The van der Waals surface area contributed by atoms with Crippen LogP contribution >= 0.6 is 11.8 Å². The molecule has 0 radical (unpaired) electrons. The third-order valence-electron chi connectivity index (χ3n) is 1.68. The second kappa shape index (κ2) is 6.02. The van der Waals surface area contributed by atoms with E-state index in [1.807, 2.05) is 6.92 Å². The summed E-state index contributed by atoms with van der Waals surface area (Å²) in [6.07, 6.45) is 2.08. The fourth-order valence-corrected chi connectivity index (χ4v) is 1.39. The summed E-state index contributed by atoms with van der Waals surface area (Å²) in [4.78, 5) is 6.33. The van der Waals surface area contributed by atoms with Crippen LogP contribution in [0.3, 0.4) is 0 Å². The van der Waals surface area contributed by atoms with E-state index in [2.05, 4.69) is 36.0 Å². The molecule has 72 valence electrons. The van der Waals surface area contributed by atoms with E-state index in [4.69, 9.17) is 4.84 Å². The Labute approximate surface area is 83.6 Å². The zero-order valence-corrected chi connectivity index (χ0v) is 8.86. The van der Waals surface area contributed by atoms with Gasteiger partial charge in [-0.25, -0.2) is 0 Å². The highest BCUT2D eigenvalue weighted by Gasteiger charge is 1.92. The molecule has 0 atom stereocenters. The van der Waals surface area contributed by atoms with Gasteiger partial charge in [-0.05, 0) is 30.9 Å². The van der Waals surface area contributed by atoms with Crippen LogP contribution in [0.2, 0.25) is 0 Å². The van der Waals surface area contributed by atoms with E-state index < -0.39 is 0 Å². The summed E-state index contributed by atoms with van der Waals surface area (Å²) in [5.41, 5.74) is 4.12. The van der Waals surface area contributed by atoms with Crippen LogP contribution in [0.25, 0.3) is 0 Å². The Hall–Kier alpha value is -0.510. The number of benzene rings is 1. The lowest BCUT2D eigenvalue weighted by molar-refractivity contribution is 0.0463. The van der Waals surface area contributed by atoms with Crippen molar-refractivity contribution in [3.63, 3.8) is 0 Å². The number of hydroxylamine groups is 1. The average Bonchev–Trinajstić information content (AvgIpc) is 2.19. The van der Waals surface area contributed by atoms with Crippen molar-refractivity contribution in [2.45, 2.75) is 18.4 Å². The molecule has 1 aromatic carbocycles. The van der Waals surface area contributed by atoms with Gasteiger partial charge in [-0.1, -0.05) is 12.1 Å². The summed E-state index contributed by atoms with van der Waals surface area (Å²) in [5, 5.41) is 0. The third kappa shape index (κ3) is 3.81. The van der Waals surface area contributed by atoms with E-state index in [9.17, 15) is 0 Å². The van der Waals surface area contributed by atoms with Crippen LogP contribution in [0.15, 0.2) is 29.2 Å². The van der Waals surface area contributed by atoms with Crippen LogP contribution in [0.1, 0.15) is 12.5 Å². The minimum absolute atomic E-state index is 0.697. The summed E-state index contributed by atoms with van der Waals surface area (Å²) in [6, 6.07) is 8.46. The summed E-state index contributed by atoms with van der Waals surface area (Å²) >= 11 is 1.75. The monoisotopic (exact) mass is 197 g/mol. The van der Waals surface area contributed by atoms with Crippen molar-refractivity contribution in [2.75, 3.05) is 12.9 Å². The normalized spacial score (nSPS) is 10.3. The van der Waals surface area contributed by atoms with Crippen molar-refractivity contribution >= 4 is 11.8 Å². The van der Waals surface area contributed by atoms with Crippen LogP contribution < -0.4 is 5.48 Å². The largest absolute Gasteiger partial charge is 0.302 e. The molecule has 0 saturated carbocycles. The first-order valence-corrected chi connectivity index (χ1v) is 5.57. The van der Waals surface area contributed by atoms with Crippen LogP contribution in [0, 0.1) is 0 Å². The second-order valence-electron chi connectivity index (χ2n) is 2.60. The van der Waals surface area contributed by atoms with E-state index in [-0.39, 0.29) is 0 Å². The Bertz CT molecular complexity index is 235. The predicted molar refractivity (Wildman–Crippen MR) is 56.7 cm³/mol. The fraction of sp³-hybridized carbons (Fsp3) is 0.400. The standard InChI is InChI=1S/C10H15NOS/c1-3-12-11-8-9-4-6-10(13-2)7-5-9/h4-7,11H,3,8H2,1-2H3. The van der Waals surface area contributed by atoms with E-state index in [1.165, 1.54) is 10.5 Å². The Kier molecular flexibility index (Phi) is 4.90. The van der Waals surface area contributed by atoms with Gasteiger partial charge in [0.25, 0.3) is 0 Å². The summed E-state index contributed by atoms with van der Waals surface area (Å²) in [7, 11) is 0. The first kappa shape index (κ1) is 10.6. The molecular weight excluding hydrogens is 182 g/mol. The lowest BCUT2D eigenvalue weighted by Crippen LogP contribution is -2.13. The average molecular weight is 197 g/mol. The highest BCUT2D eigenvalue weighted by Crippen LogP contribution is 2.14. The van der Waals surface area contributed by atoms with Crippen molar-refractivity contribution in [2.24, 2.45) is 0 Å². The number of nitrogens with one attached hydrogen (secondary N) is 1. The van der Waals surface area contributed by atoms with E-state index in [0.717, 1.165) is 6.54 Å². The Morgan fingerprint density at radius 3 is 2.54 bits per heavy atom. The maximum Gasteiger partial charge on any atom is 0.0654 e. The molecule has 0 heterocycles. The summed E-state index contributed by atoms with van der Waals surface area (Å²) in [5.74, 6) is 0. The van der Waals surface area contributed by atoms with Crippen molar-refractivity contribution in [3.8, 4) is 0 Å². The number of hydrogen-bond acceptors (Lipinski definition) is 3. The zero-order valence-electron chi connectivity index (χ0n) is 8.04. The van der Waals surface area contributed by atoms with E-state index in [1.54, 1.807) is 11.8 Å². The van der Waals surface area contributed by atoms with Crippen molar-refractivity contribution < 1.29 is 4.84 Å². The molecule has 1 N–H and O–H groups in total. The third-order valence-corrected chi connectivity index (χ3v) is 2.43. The van der Waals surface area contributed by atoms with Crippen molar-refractivity contribution in [3.05, 3.63) is 29.8 Å². The second-order valence-corrected chi connectivity index (χ2v) is 3.48. The predicted octanol–water partition coefficient (Wildman–Crippen LogP) is 2.45. The minimum Gasteiger partial charge on any atom is -0.302 e. The number of hydrogen-bond donors (Lipinski definition) is 1. The van der Waals surface area contributed by atoms with Crippen LogP contribution in [-0.2, 0) is 11.4 Å². The van der Waals surface area contributed by atoms with Gasteiger partial charge in [-0.15, -0.1) is 11.8 Å². The molecule has 0 saturated heterocycles. The molecule has 0 unspecified atom stereocenters. The molecule has 0 aliphatic heterocycles. The van der Waals surface area contributed by atoms with Crippen LogP contribution in [0.4, 0.5) is 0 Å². The van der Waals surface area contributed by atoms with Crippen molar-refractivity contribution in [1.82, 2.24) is 5.48 Å². The maximum absolute atomic E-state index is 5.04. The van der Waals surface area contributed by atoms with Gasteiger partial charge in [0.15, 0.2) is 0 Å². The first-order chi connectivity index (χ1) is 6.36. The zero-order chi connectivity index (χ0) is 9.52. The first-order valence-electron chi connectivity index (χ1n) is 4.34. The number of thioether (sulfide) groups is 1. The van der Waals surface area contributed by atoms with Gasteiger partial charge in [0.2, 0.25) is 0 Å².